The molecule has 1 aliphatic heterocycles. The Morgan fingerprint density at radius 2 is 2.15 bits per heavy atom. The largest absolute Gasteiger partial charge is 0.376 e. The van der Waals surface area contributed by atoms with Crippen LogP contribution in [0.15, 0.2) is 0 Å². The second-order valence-electron chi connectivity index (χ2n) is 4.01. The average Bonchev–Trinajstić information content (AvgIpc) is 2.99. The van der Waals surface area contributed by atoms with Gasteiger partial charge in [0.25, 0.3) is 0 Å². The van der Waals surface area contributed by atoms with Crippen LogP contribution in [0.1, 0.15) is 32.1 Å². The summed E-state index contributed by atoms with van der Waals surface area (Å²) in [6, 6.07) is 0. The van der Waals surface area contributed by atoms with Gasteiger partial charge in [-0.3, -0.25) is 4.79 Å². The van der Waals surface area contributed by atoms with Crippen LogP contribution in [0.2, 0.25) is 0 Å². The molecule has 0 bridgehead atoms. The summed E-state index contributed by atoms with van der Waals surface area (Å²) >= 11 is 0. The fourth-order valence-corrected chi connectivity index (χ4v) is 1.67. The Morgan fingerprint density at radius 3 is 2.77 bits per heavy atom. The number of carbonyl (C=O) groups is 1. The molecule has 3 nitrogen and oxygen atoms in total. The lowest BCUT2D eigenvalue weighted by molar-refractivity contribution is -0.123. The molecule has 2 rings (SSSR count). The molecule has 1 saturated heterocycles. The molecule has 1 unspecified atom stereocenters. The summed E-state index contributed by atoms with van der Waals surface area (Å²) in [4.78, 5) is 11.3. The summed E-state index contributed by atoms with van der Waals surface area (Å²) in [6.07, 6.45) is 5.95. The summed E-state index contributed by atoms with van der Waals surface area (Å²) in [6.45, 7) is 1.58. The topological polar surface area (TPSA) is 38.3 Å². The van der Waals surface area contributed by atoms with E-state index in [2.05, 4.69) is 5.32 Å². The van der Waals surface area contributed by atoms with Gasteiger partial charge in [-0.1, -0.05) is 0 Å². The summed E-state index contributed by atoms with van der Waals surface area (Å²) in [5.74, 6) is 0.553. The highest BCUT2D eigenvalue weighted by Crippen LogP contribution is 2.28. The Hall–Kier alpha value is -0.570. The van der Waals surface area contributed by atoms with Crippen molar-refractivity contribution < 1.29 is 9.53 Å². The van der Waals surface area contributed by atoms with Gasteiger partial charge in [0.05, 0.1) is 6.10 Å². The normalized spacial score (nSPS) is 28.5. The molecule has 0 radical (unpaired) electrons. The quantitative estimate of drug-likeness (QED) is 0.711. The van der Waals surface area contributed by atoms with E-state index in [0.717, 1.165) is 32.4 Å². The van der Waals surface area contributed by atoms with Gasteiger partial charge < -0.3 is 10.1 Å². The first kappa shape index (κ1) is 9.00. The Labute approximate surface area is 78.8 Å². The molecule has 1 atom stereocenters. The Bertz CT molecular complexity index is 183. The molecule has 0 spiro atoms. The minimum atomic E-state index is 0.231. The lowest BCUT2D eigenvalue weighted by Gasteiger charge is -2.22. The van der Waals surface area contributed by atoms with Gasteiger partial charge in [0.2, 0.25) is 5.91 Å². The van der Waals surface area contributed by atoms with Gasteiger partial charge in [0, 0.05) is 19.1 Å². The van der Waals surface area contributed by atoms with E-state index < -0.39 is 0 Å². The zero-order chi connectivity index (χ0) is 9.10. The molecule has 3 heteroatoms. The van der Waals surface area contributed by atoms with Crippen LogP contribution in [0, 0.1) is 5.92 Å². The van der Waals surface area contributed by atoms with Gasteiger partial charge in [-0.15, -0.1) is 0 Å². The van der Waals surface area contributed by atoms with Crippen LogP contribution in [0.4, 0.5) is 0 Å². The van der Waals surface area contributed by atoms with Crippen LogP contribution < -0.4 is 5.32 Å². The molecule has 0 aromatic heterocycles. The molecule has 1 aliphatic carbocycles. The maximum Gasteiger partial charge on any atom is 0.223 e. The predicted octanol–water partition coefficient (Wildman–Crippen LogP) is 1.08. The molecule has 1 N–H and O–H groups in total. The monoisotopic (exact) mass is 183 g/mol. The van der Waals surface area contributed by atoms with Crippen molar-refractivity contribution in [2.75, 3.05) is 13.2 Å². The van der Waals surface area contributed by atoms with Crippen molar-refractivity contribution in [2.24, 2.45) is 5.92 Å². The molecule has 13 heavy (non-hydrogen) atoms. The van der Waals surface area contributed by atoms with Crippen molar-refractivity contribution in [3.05, 3.63) is 0 Å². The average molecular weight is 183 g/mol. The Kier molecular flexibility index (Phi) is 2.83. The van der Waals surface area contributed by atoms with Gasteiger partial charge >= 0.3 is 0 Å². The molecule has 0 aromatic rings. The molecular weight excluding hydrogens is 166 g/mol. The summed E-state index contributed by atoms with van der Waals surface area (Å²) < 4.78 is 5.51. The van der Waals surface area contributed by atoms with E-state index in [-0.39, 0.29) is 12.0 Å². The number of amides is 1. The molecule has 2 aliphatic rings. The second kappa shape index (κ2) is 4.09. The maximum atomic E-state index is 11.3. The van der Waals surface area contributed by atoms with Crippen LogP contribution in [-0.4, -0.2) is 25.2 Å². The van der Waals surface area contributed by atoms with Gasteiger partial charge in [-0.25, -0.2) is 0 Å². The van der Waals surface area contributed by atoms with Crippen molar-refractivity contribution in [2.45, 2.75) is 38.2 Å². The van der Waals surface area contributed by atoms with Crippen LogP contribution in [-0.2, 0) is 9.53 Å². The van der Waals surface area contributed by atoms with E-state index in [1.165, 1.54) is 12.8 Å². The first-order valence-electron chi connectivity index (χ1n) is 5.25. The van der Waals surface area contributed by atoms with Crippen molar-refractivity contribution in [1.82, 2.24) is 5.32 Å². The van der Waals surface area contributed by atoms with Crippen LogP contribution in [0.25, 0.3) is 0 Å². The van der Waals surface area contributed by atoms with E-state index in [0.29, 0.717) is 5.92 Å². The SMILES string of the molecule is O=C(NCC1CCCCO1)C1CC1. The zero-order valence-corrected chi connectivity index (χ0v) is 7.92. The predicted molar refractivity (Wildman–Crippen MR) is 49.3 cm³/mol. The highest BCUT2D eigenvalue weighted by atomic mass is 16.5. The third-order valence-corrected chi connectivity index (χ3v) is 2.73. The second-order valence-corrected chi connectivity index (χ2v) is 4.01. The smallest absolute Gasteiger partial charge is 0.223 e. The third-order valence-electron chi connectivity index (χ3n) is 2.73. The minimum Gasteiger partial charge on any atom is -0.376 e. The Balaban J connectivity index is 1.62. The van der Waals surface area contributed by atoms with Crippen molar-refractivity contribution in [3.63, 3.8) is 0 Å². The van der Waals surface area contributed by atoms with Gasteiger partial charge in [-0.05, 0) is 32.1 Å². The molecule has 1 saturated carbocycles. The number of rotatable bonds is 3. The number of hydrogen-bond donors (Lipinski definition) is 1. The minimum absolute atomic E-state index is 0.231. The fraction of sp³-hybridized carbons (Fsp3) is 0.900. The standard InChI is InChI=1S/C10H17NO2/c12-10(8-4-5-8)11-7-9-3-1-2-6-13-9/h8-9H,1-7H2,(H,11,12). The Morgan fingerprint density at radius 1 is 1.31 bits per heavy atom. The van der Waals surface area contributed by atoms with E-state index in [4.69, 9.17) is 4.74 Å². The van der Waals surface area contributed by atoms with E-state index in [1.54, 1.807) is 0 Å². The van der Waals surface area contributed by atoms with Crippen LogP contribution in [0.5, 0.6) is 0 Å². The van der Waals surface area contributed by atoms with E-state index in [9.17, 15) is 4.79 Å². The summed E-state index contributed by atoms with van der Waals surface area (Å²) in [5.41, 5.74) is 0. The molecule has 0 aromatic carbocycles. The van der Waals surface area contributed by atoms with Crippen molar-refractivity contribution in [3.8, 4) is 0 Å². The molecule has 74 valence electrons. The van der Waals surface area contributed by atoms with E-state index in [1.807, 2.05) is 0 Å². The van der Waals surface area contributed by atoms with Gasteiger partial charge in [-0.2, -0.15) is 0 Å². The zero-order valence-electron chi connectivity index (χ0n) is 7.92. The number of carbonyl (C=O) groups excluding carboxylic acids is 1. The van der Waals surface area contributed by atoms with Gasteiger partial charge in [0.15, 0.2) is 0 Å². The van der Waals surface area contributed by atoms with Crippen LogP contribution in [0.3, 0.4) is 0 Å². The molecular formula is C10H17NO2. The van der Waals surface area contributed by atoms with Crippen LogP contribution >= 0.6 is 0 Å². The highest BCUT2D eigenvalue weighted by molar-refractivity contribution is 5.80. The molecule has 2 fully saturated rings. The van der Waals surface area contributed by atoms with E-state index >= 15 is 0 Å². The number of hydrogen-bond acceptors (Lipinski definition) is 2. The molecule has 1 heterocycles. The van der Waals surface area contributed by atoms with Gasteiger partial charge in [0.1, 0.15) is 0 Å². The lowest BCUT2D eigenvalue weighted by Crippen LogP contribution is -2.36. The first-order chi connectivity index (χ1) is 6.36. The summed E-state index contributed by atoms with van der Waals surface area (Å²) in [5, 5.41) is 2.95. The molecule has 1 amide bonds. The third kappa shape index (κ3) is 2.69. The maximum absolute atomic E-state index is 11.3. The summed E-state index contributed by atoms with van der Waals surface area (Å²) in [7, 11) is 0. The highest BCUT2D eigenvalue weighted by Gasteiger charge is 2.29. The number of nitrogens with one attached hydrogen (secondary N) is 1. The van der Waals surface area contributed by atoms with Crippen molar-refractivity contribution >= 4 is 5.91 Å². The first-order valence-corrected chi connectivity index (χ1v) is 5.25. The fourth-order valence-electron chi connectivity index (χ4n) is 1.67. The lowest BCUT2D eigenvalue weighted by atomic mass is 10.1. The number of ether oxygens (including phenoxy) is 1. The van der Waals surface area contributed by atoms with Crippen molar-refractivity contribution in [1.29, 1.82) is 0 Å².